The first-order valence-corrected chi connectivity index (χ1v) is 9.16. The molecule has 130 valence electrons. The van der Waals surface area contributed by atoms with Crippen molar-refractivity contribution in [3.8, 4) is 17.3 Å². The second kappa shape index (κ2) is 7.88. The Morgan fingerprint density at radius 2 is 2.08 bits per heavy atom. The van der Waals surface area contributed by atoms with Crippen molar-refractivity contribution in [1.29, 1.82) is 5.26 Å². The summed E-state index contributed by atoms with van der Waals surface area (Å²) in [6.07, 6.45) is 1.45. The maximum Gasteiger partial charge on any atom is 0.146 e. The zero-order valence-corrected chi connectivity index (χ0v) is 15.9. The fraction of sp³-hybridized carbons (Fsp3) is 0.0526. The summed E-state index contributed by atoms with van der Waals surface area (Å²) in [7, 11) is 0. The minimum absolute atomic E-state index is 0.298. The molecule has 1 N–H and O–H groups in total. The molecule has 0 radical (unpaired) electrons. The van der Waals surface area contributed by atoms with Gasteiger partial charge in [0.2, 0.25) is 0 Å². The van der Waals surface area contributed by atoms with E-state index in [1.54, 1.807) is 30.3 Å². The van der Waals surface area contributed by atoms with E-state index in [1.807, 2.05) is 12.3 Å². The number of hydrogen-bond acceptors (Lipinski definition) is 4. The first-order chi connectivity index (χ1) is 12.5. The van der Waals surface area contributed by atoms with Crippen LogP contribution in [0, 0.1) is 24.1 Å². The molecule has 2 aromatic carbocycles. The minimum atomic E-state index is -0.392. The van der Waals surface area contributed by atoms with Gasteiger partial charge in [0.1, 0.15) is 22.5 Å². The number of halogens is 3. The Balaban J connectivity index is 1.88. The summed E-state index contributed by atoms with van der Waals surface area (Å²) >= 11 is 13.4. The smallest absolute Gasteiger partial charge is 0.146 e. The Labute approximate surface area is 164 Å². The van der Waals surface area contributed by atoms with Crippen LogP contribution in [0.2, 0.25) is 10.0 Å². The van der Waals surface area contributed by atoms with Crippen LogP contribution in [0.25, 0.3) is 16.8 Å². The summed E-state index contributed by atoms with van der Waals surface area (Å²) in [5.74, 6) is -0.392. The van der Waals surface area contributed by atoms with Gasteiger partial charge in [0.25, 0.3) is 0 Å². The number of allylic oxidation sites excluding steroid dienone is 1. The molecule has 0 spiro atoms. The van der Waals surface area contributed by atoms with Crippen molar-refractivity contribution < 1.29 is 4.39 Å². The van der Waals surface area contributed by atoms with Crippen molar-refractivity contribution >= 4 is 45.8 Å². The van der Waals surface area contributed by atoms with Crippen LogP contribution in [-0.4, -0.2) is 4.98 Å². The van der Waals surface area contributed by atoms with E-state index in [1.165, 1.54) is 23.6 Å². The lowest BCUT2D eigenvalue weighted by molar-refractivity contribution is 0.631. The van der Waals surface area contributed by atoms with Gasteiger partial charge < -0.3 is 5.32 Å². The molecule has 7 heteroatoms. The third-order valence-corrected chi connectivity index (χ3v) is 4.98. The highest BCUT2D eigenvalue weighted by Gasteiger charge is 2.12. The highest BCUT2D eigenvalue weighted by Crippen LogP contribution is 2.32. The van der Waals surface area contributed by atoms with Gasteiger partial charge in [-0.05, 0) is 42.8 Å². The predicted molar refractivity (Wildman–Crippen MR) is 106 cm³/mol. The fourth-order valence-electron chi connectivity index (χ4n) is 2.26. The van der Waals surface area contributed by atoms with Crippen molar-refractivity contribution in [2.75, 3.05) is 5.32 Å². The second-order valence-corrected chi connectivity index (χ2v) is 7.16. The van der Waals surface area contributed by atoms with Crippen LogP contribution in [0.5, 0.6) is 0 Å². The number of nitrogens with one attached hydrogen (secondary N) is 1. The van der Waals surface area contributed by atoms with E-state index in [0.29, 0.717) is 32.0 Å². The minimum Gasteiger partial charge on any atom is -0.358 e. The monoisotopic (exact) mass is 403 g/mol. The summed E-state index contributed by atoms with van der Waals surface area (Å²) in [5, 5.41) is 15.6. The summed E-state index contributed by atoms with van der Waals surface area (Å²) in [4.78, 5) is 4.46. The van der Waals surface area contributed by atoms with Crippen LogP contribution >= 0.6 is 34.5 Å². The van der Waals surface area contributed by atoms with Gasteiger partial charge in [0.15, 0.2) is 0 Å². The highest BCUT2D eigenvalue weighted by atomic mass is 35.5. The van der Waals surface area contributed by atoms with Crippen LogP contribution in [0.4, 0.5) is 10.1 Å². The number of hydrogen-bond donors (Lipinski definition) is 1. The molecule has 0 unspecified atom stereocenters. The van der Waals surface area contributed by atoms with E-state index in [9.17, 15) is 9.65 Å². The molecule has 1 aromatic heterocycles. The molecule has 0 fully saturated rings. The third kappa shape index (κ3) is 4.05. The molecule has 0 aliphatic rings. The first kappa shape index (κ1) is 18.4. The predicted octanol–water partition coefficient (Wildman–Crippen LogP) is 6.54. The zero-order chi connectivity index (χ0) is 18.7. The second-order valence-electron chi connectivity index (χ2n) is 5.46. The number of nitriles is 1. The number of aryl methyl sites for hydroxylation is 1. The molecule has 0 aliphatic carbocycles. The van der Waals surface area contributed by atoms with E-state index in [0.717, 1.165) is 11.1 Å². The van der Waals surface area contributed by atoms with Crippen LogP contribution < -0.4 is 5.32 Å². The molecule has 0 aliphatic heterocycles. The Hall–Kier alpha value is -2.39. The summed E-state index contributed by atoms with van der Waals surface area (Å²) < 4.78 is 13.8. The lowest BCUT2D eigenvalue weighted by Gasteiger charge is -2.04. The average Bonchev–Trinajstić information content (AvgIpc) is 3.08. The molecular weight excluding hydrogens is 392 g/mol. The quantitative estimate of drug-likeness (QED) is 0.502. The summed E-state index contributed by atoms with van der Waals surface area (Å²) in [6.45, 7) is 1.86. The van der Waals surface area contributed by atoms with Gasteiger partial charge in [0.05, 0.1) is 16.4 Å². The normalized spacial score (nSPS) is 11.3. The van der Waals surface area contributed by atoms with Gasteiger partial charge in [-0.25, -0.2) is 9.37 Å². The number of benzene rings is 2. The Morgan fingerprint density at radius 1 is 1.27 bits per heavy atom. The van der Waals surface area contributed by atoms with Gasteiger partial charge in [-0.2, -0.15) is 5.26 Å². The van der Waals surface area contributed by atoms with Crippen molar-refractivity contribution in [3.05, 3.63) is 74.4 Å². The van der Waals surface area contributed by atoms with Gasteiger partial charge in [-0.3, -0.25) is 0 Å². The lowest BCUT2D eigenvalue weighted by atomic mass is 10.2. The fourth-order valence-corrected chi connectivity index (χ4v) is 3.55. The van der Waals surface area contributed by atoms with E-state index in [2.05, 4.69) is 16.4 Å². The van der Waals surface area contributed by atoms with E-state index in [4.69, 9.17) is 23.2 Å². The molecule has 1 heterocycles. The van der Waals surface area contributed by atoms with Crippen LogP contribution in [0.15, 0.2) is 48.0 Å². The number of aromatic nitrogens is 1. The number of thiazole rings is 1. The molecular formula is C19H12Cl2FN3S. The Bertz CT molecular complexity index is 1040. The van der Waals surface area contributed by atoms with Crippen molar-refractivity contribution in [2.45, 2.75) is 6.92 Å². The van der Waals surface area contributed by atoms with E-state index >= 15 is 0 Å². The largest absolute Gasteiger partial charge is 0.358 e. The van der Waals surface area contributed by atoms with E-state index in [-0.39, 0.29) is 0 Å². The SMILES string of the molecule is Cc1ccc(F)c(N/C=C(\C#N)c2nc(-c3ccc(Cl)cc3Cl)cs2)c1. The lowest BCUT2D eigenvalue weighted by Crippen LogP contribution is -1.94. The van der Waals surface area contributed by atoms with Crippen LogP contribution in [0.1, 0.15) is 10.6 Å². The van der Waals surface area contributed by atoms with Crippen LogP contribution in [0.3, 0.4) is 0 Å². The molecule has 0 bridgehead atoms. The molecule has 0 amide bonds. The maximum absolute atomic E-state index is 13.8. The van der Waals surface area contributed by atoms with E-state index < -0.39 is 5.82 Å². The molecule has 0 atom stereocenters. The van der Waals surface area contributed by atoms with Gasteiger partial charge in [0, 0.05) is 22.2 Å². The topological polar surface area (TPSA) is 48.7 Å². The summed E-state index contributed by atoms with van der Waals surface area (Å²) in [5.41, 5.74) is 2.89. The third-order valence-electron chi connectivity index (χ3n) is 3.56. The Morgan fingerprint density at radius 3 is 2.81 bits per heavy atom. The molecule has 0 saturated heterocycles. The standard InChI is InChI=1S/C19H12Cl2FN3S/c1-11-2-5-16(22)17(6-11)24-9-12(8-23)19-25-18(10-26-19)14-4-3-13(20)7-15(14)21/h2-7,9-10,24H,1H3/b12-9+. The van der Waals surface area contributed by atoms with Gasteiger partial charge >= 0.3 is 0 Å². The maximum atomic E-state index is 13.8. The highest BCUT2D eigenvalue weighted by molar-refractivity contribution is 7.11. The molecule has 26 heavy (non-hydrogen) atoms. The number of nitrogens with zero attached hydrogens (tertiary/aromatic N) is 2. The first-order valence-electron chi connectivity index (χ1n) is 7.52. The Kier molecular flexibility index (Phi) is 5.58. The molecule has 3 rings (SSSR count). The van der Waals surface area contributed by atoms with Gasteiger partial charge in [-0.1, -0.05) is 29.3 Å². The summed E-state index contributed by atoms with van der Waals surface area (Å²) in [6, 6.07) is 11.9. The average molecular weight is 404 g/mol. The number of rotatable bonds is 4. The van der Waals surface area contributed by atoms with Gasteiger partial charge in [-0.15, -0.1) is 11.3 Å². The zero-order valence-electron chi connectivity index (χ0n) is 13.6. The van der Waals surface area contributed by atoms with Crippen LogP contribution in [-0.2, 0) is 0 Å². The number of anilines is 1. The van der Waals surface area contributed by atoms with Crippen molar-refractivity contribution in [3.63, 3.8) is 0 Å². The molecule has 3 nitrogen and oxygen atoms in total. The molecule has 0 saturated carbocycles. The van der Waals surface area contributed by atoms with Crippen molar-refractivity contribution in [1.82, 2.24) is 4.98 Å². The molecule has 3 aromatic rings. The van der Waals surface area contributed by atoms with Crippen molar-refractivity contribution in [2.24, 2.45) is 0 Å².